The van der Waals surface area contributed by atoms with Crippen LogP contribution in [0.4, 0.5) is 0 Å². The molecule has 29 heavy (non-hydrogen) atoms. The van der Waals surface area contributed by atoms with Crippen LogP contribution in [0.15, 0.2) is 29.5 Å². The minimum Gasteiger partial charge on any atom is -0.357 e. The van der Waals surface area contributed by atoms with E-state index in [-0.39, 0.29) is 0 Å². The Labute approximate surface area is 174 Å². The summed E-state index contributed by atoms with van der Waals surface area (Å²) in [5.41, 5.74) is 3.36. The highest BCUT2D eigenvalue weighted by molar-refractivity contribution is 5.80. The number of piperidine rings is 1. The Morgan fingerprint density at radius 1 is 1.21 bits per heavy atom. The topological polar surface area (TPSA) is 57.0 Å². The third-order valence-electron chi connectivity index (χ3n) is 6.42. The second-order valence-corrected chi connectivity index (χ2v) is 8.56. The lowest BCUT2D eigenvalue weighted by Gasteiger charge is -2.36. The van der Waals surface area contributed by atoms with Gasteiger partial charge in [-0.2, -0.15) is 0 Å². The molecule has 0 spiro atoms. The molecule has 1 aliphatic heterocycles. The van der Waals surface area contributed by atoms with Crippen molar-refractivity contribution in [3.8, 4) is 0 Å². The highest BCUT2D eigenvalue weighted by Crippen LogP contribution is 2.26. The summed E-state index contributed by atoms with van der Waals surface area (Å²) < 4.78 is 2.11. The van der Waals surface area contributed by atoms with Gasteiger partial charge in [0.25, 0.3) is 0 Å². The van der Waals surface area contributed by atoms with E-state index in [1.54, 1.807) is 0 Å². The quantitative estimate of drug-likeness (QED) is 0.582. The second-order valence-electron chi connectivity index (χ2n) is 8.56. The number of fused-ring (bicyclic) bond motifs is 1. The summed E-state index contributed by atoms with van der Waals surface area (Å²) in [6, 6.07) is 5.56. The van der Waals surface area contributed by atoms with Crippen LogP contribution in [0.2, 0.25) is 0 Å². The molecule has 6 nitrogen and oxygen atoms in total. The van der Waals surface area contributed by atoms with Crippen LogP contribution >= 0.6 is 0 Å². The summed E-state index contributed by atoms with van der Waals surface area (Å²) in [6.45, 7) is 8.32. The van der Waals surface area contributed by atoms with Gasteiger partial charge in [-0.05, 0) is 51.2 Å². The van der Waals surface area contributed by atoms with Crippen LogP contribution in [0.3, 0.4) is 0 Å². The van der Waals surface area contributed by atoms with Crippen molar-refractivity contribution in [2.75, 3.05) is 26.2 Å². The number of guanidine groups is 1. The van der Waals surface area contributed by atoms with Crippen LogP contribution in [-0.4, -0.2) is 58.5 Å². The first-order chi connectivity index (χ1) is 14.2. The van der Waals surface area contributed by atoms with E-state index in [0.717, 1.165) is 42.9 Å². The lowest BCUT2D eigenvalue weighted by Crippen LogP contribution is -2.50. The number of nitrogens with zero attached hydrogens (tertiary/aromatic N) is 4. The largest absolute Gasteiger partial charge is 0.357 e. The van der Waals surface area contributed by atoms with Crippen molar-refractivity contribution in [2.45, 2.75) is 70.9 Å². The zero-order valence-corrected chi connectivity index (χ0v) is 18.0. The van der Waals surface area contributed by atoms with Crippen LogP contribution in [0, 0.1) is 6.92 Å². The highest BCUT2D eigenvalue weighted by atomic mass is 15.2. The van der Waals surface area contributed by atoms with Gasteiger partial charge < -0.3 is 19.9 Å². The number of likely N-dealkylation sites (tertiary alicyclic amines) is 1. The SMILES string of the molecule is CCNC(=NCCc1cn2cccc(C)c2n1)NC1CCN(C2CCCC2)CC1. The molecule has 4 rings (SSSR count). The number of hydrogen-bond donors (Lipinski definition) is 2. The summed E-state index contributed by atoms with van der Waals surface area (Å²) in [7, 11) is 0. The minimum absolute atomic E-state index is 0.531. The van der Waals surface area contributed by atoms with Crippen LogP contribution in [0.5, 0.6) is 0 Å². The van der Waals surface area contributed by atoms with Gasteiger partial charge in [0.1, 0.15) is 5.65 Å². The number of hydrogen-bond acceptors (Lipinski definition) is 3. The Bertz CT molecular complexity index is 812. The molecule has 0 amide bonds. The predicted octanol–water partition coefficient (Wildman–Crippen LogP) is 3.15. The average Bonchev–Trinajstić information content (AvgIpc) is 3.39. The molecule has 1 saturated heterocycles. The maximum atomic E-state index is 4.82. The average molecular weight is 397 g/mol. The Hall–Kier alpha value is -2.08. The van der Waals surface area contributed by atoms with Crippen molar-refractivity contribution in [2.24, 2.45) is 4.99 Å². The summed E-state index contributed by atoms with van der Waals surface area (Å²) in [5, 5.41) is 7.09. The molecule has 0 bridgehead atoms. The zero-order chi connectivity index (χ0) is 20.1. The Morgan fingerprint density at radius 2 is 2.00 bits per heavy atom. The monoisotopic (exact) mass is 396 g/mol. The molecule has 0 aromatic carbocycles. The van der Waals surface area contributed by atoms with E-state index >= 15 is 0 Å². The van der Waals surface area contributed by atoms with Crippen LogP contribution in [-0.2, 0) is 6.42 Å². The molecule has 1 saturated carbocycles. The molecule has 6 heteroatoms. The second kappa shape index (κ2) is 9.61. The summed E-state index contributed by atoms with van der Waals surface area (Å²) in [5.74, 6) is 0.951. The van der Waals surface area contributed by atoms with Crippen molar-refractivity contribution in [1.82, 2.24) is 24.9 Å². The summed E-state index contributed by atoms with van der Waals surface area (Å²) >= 11 is 0. The number of pyridine rings is 1. The van der Waals surface area contributed by atoms with Gasteiger partial charge in [0, 0.05) is 57.1 Å². The molecule has 2 aromatic heterocycles. The van der Waals surface area contributed by atoms with Crippen molar-refractivity contribution in [3.63, 3.8) is 0 Å². The number of nitrogens with one attached hydrogen (secondary N) is 2. The number of aryl methyl sites for hydroxylation is 1. The smallest absolute Gasteiger partial charge is 0.191 e. The molecular formula is C23H36N6. The van der Waals surface area contributed by atoms with Crippen molar-refractivity contribution >= 4 is 11.6 Å². The molecule has 2 aliphatic rings. The Morgan fingerprint density at radius 3 is 2.72 bits per heavy atom. The first-order valence-electron chi connectivity index (χ1n) is 11.4. The normalized spacial score (nSPS) is 19.9. The molecule has 0 atom stereocenters. The fourth-order valence-electron chi connectivity index (χ4n) is 4.80. The number of aliphatic imine (C=N–C) groups is 1. The lowest BCUT2D eigenvalue weighted by molar-refractivity contribution is 0.150. The lowest BCUT2D eigenvalue weighted by atomic mass is 10.0. The first kappa shape index (κ1) is 20.2. The molecule has 0 radical (unpaired) electrons. The van der Waals surface area contributed by atoms with Crippen LogP contribution in [0.1, 0.15) is 56.7 Å². The van der Waals surface area contributed by atoms with Crippen LogP contribution in [0.25, 0.3) is 5.65 Å². The van der Waals surface area contributed by atoms with Crippen molar-refractivity contribution < 1.29 is 0 Å². The number of imidazole rings is 1. The standard InChI is InChI=1S/C23H36N6/c1-3-24-23(27-19-11-15-28(16-12-19)21-8-4-5-9-21)25-13-10-20-17-29-14-6-7-18(2)22(29)26-20/h6-7,14,17,19,21H,3-5,8-13,15-16H2,1-2H3,(H2,24,25,27). The van der Waals surface area contributed by atoms with E-state index in [0.29, 0.717) is 6.04 Å². The molecule has 158 valence electrons. The van der Waals surface area contributed by atoms with E-state index in [1.807, 2.05) is 0 Å². The van der Waals surface area contributed by atoms with E-state index in [2.05, 4.69) is 58.3 Å². The van der Waals surface area contributed by atoms with Gasteiger partial charge in [0.15, 0.2) is 5.96 Å². The van der Waals surface area contributed by atoms with Gasteiger partial charge in [-0.3, -0.25) is 4.99 Å². The molecule has 3 heterocycles. The third-order valence-corrected chi connectivity index (χ3v) is 6.42. The Balaban J connectivity index is 1.29. The van der Waals surface area contributed by atoms with Gasteiger partial charge in [-0.25, -0.2) is 4.98 Å². The van der Waals surface area contributed by atoms with Gasteiger partial charge in [0.2, 0.25) is 0 Å². The minimum atomic E-state index is 0.531. The maximum Gasteiger partial charge on any atom is 0.191 e. The molecule has 0 unspecified atom stereocenters. The molecule has 2 fully saturated rings. The summed E-state index contributed by atoms with van der Waals surface area (Å²) in [4.78, 5) is 12.3. The Kier molecular flexibility index (Phi) is 6.70. The van der Waals surface area contributed by atoms with Gasteiger partial charge in [-0.15, -0.1) is 0 Å². The molecule has 1 aliphatic carbocycles. The third kappa shape index (κ3) is 5.10. The van der Waals surface area contributed by atoms with Gasteiger partial charge in [0.05, 0.1) is 5.69 Å². The summed E-state index contributed by atoms with van der Waals surface area (Å²) in [6.07, 6.45) is 13.1. The number of rotatable bonds is 6. The van der Waals surface area contributed by atoms with E-state index in [4.69, 9.17) is 9.98 Å². The van der Waals surface area contributed by atoms with E-state index < -0.39 is 0 Å². The predicted molar refractivity (Wildman–Crippen MR) is 120 cm³/mol. The number of aromatic nitrogens is 2. The fourth-order valence-corrected chi connectivity index (χ4v) is 4.80. The van der Waals surface area contributed by atoms with Gasteiger partial charge in [-0.1, -0.05) is 18.9 Å². The fraction of sp³-hybridized carbons (Fsp3) is 0.652. The van der Waals surface area contributed by atoms with E-state index in [1.165, 1.54) is 57.2 Å². The van der Waals surface area contributed by atoms with Gasteiger partial charge >= 0.3 is 0 Å². The van der Waals surface area contributed by atoms with Crippen molar-refractivity contribution in [3.05, 3.63) is 35.8 Å². The van der Waals surface area contributed by atoms with Crippen molar-refractivity contribution in [1.29, 1.82) is 0 Å². The molecule has 2 N–H and O–H groups in total. The maximum absolute atomic E-state index is 4.82. The van der Waals surface area contributed by atoms with E-state index in [9.17, 15) is 0 Å². The van der Waals surface area contributed by atoms with Crippen LogP contribution < -0.4 is 10.6 Å². The highest BCUT2D eigenvalue weighted by Gasteiger charge is 2.27. The zero-order valence-electron chi connectivity index (χ0n) is 18.0. The first-order valence-corrected chi connectivity index (χ1v) is 11.4. The molecule has 2 aromatic rings. The molecular weight excluding hydrogens is 360 g/mol.